The van der Waals surface area contributed by atoms with Crippen molar-refractivity contribution in [3.05, 3.63) is 71.3 Å². The third-order valence-electron chi connectivity index (χ3n) is 10.9. The van der Waals surface area contributed by atoms with Gasteiger partial charge in [0.15, 0.2) is 5.60 Å². The first kappa shape index (κ1) is 31.2. The number of aliphatic hydroxyl groups is 2. The summed E-state index contributed by atoms with van der Waals surface area (Å²) >= 11 is 0. The highest BCUT2D eigenvalue weighted by molar-refractivity contribution is 5.89. The van der Waals surface area contributed by atoms with Gasteiger partial charge in [-0.3, -0.25) is 4.79 Å². The first-order valence-corrected chi connectivity index (χ1v) is 14.7. The van der Waals surface area contributed by atoms with Crippen LogP contribution in [0.1, 0.15) is 85.0 Å². The van der Waals surface area contributed by atoms with E-state index in [4.69, 9.17) is 14.2 Å². The van der Waals surface area contributed by atoms with Gasteiger partial charge < -0.3 is 24.4 Å². The first-order valence-electron chi connectivity index (χ1n) is 14.7. The average Bonchev–Trinajstić information content (AvgIpc) is 2.93. The van der Waals surface area contributed by atoms with Crippen LogP contribution >= 0.6 is 0 Å². The molecule has 1 aromatic rings. The highest BCUT2D eigenvalue weighted by Gasteiger charge is 2.81. The second-order valence-corrected chi connectivity index (χ2v) is 12.8. The number of hydrogen-bond donors (Lipinski definition) is 2. The zero-order chi connectivity index (χ0) is 30.8. The van der Waals surface area contributed by atoms with Crippen molar-refractivity contribution in [2.45, 2.75) is 104 Å². The van der Waals surface area contributed by atoms with Gasteiger partial charge in [0.05, 0.1) is 23.7 Å². The number of ether oxygens (including phenoxy) is 3. The summed E-state index contributed by atoms with van der Waals surface area (Å²) in [7, 11) is 0. The Labute approximate surface area is 244 Å². The number of carbonyl (C=O) groups is 2. The van der Waals surface area contributed by atoms with E-state index in [0.717, 1.165) is 11.1 Å². The predicted molar refractivity (Wildman–Crippen MR) is 157 cm³/mol. The van der Waals surface area contributed by atoms with Crippen molar-refractivity contribution in [1.82, 2.24) is 0 Å². The van der Waals surface area contributed by atoms with Crippen LogP contribution in [0.4, 0.5) is 0 Å². The highest BCUT2D eigenvalue weighted by Crippen LogP contribution is 2.72. The maximum atomic E-state index is 13.8. The van der Waals surface area contributed by atoms with Crippen molar-refractivity contribution in [3.63, 3.8) is 0 Å². The third kappa shape index (κ3) is 3.88. The number of aliphatic hydroxyl groups excluding tert-OH is 1. The van der Waals surface area contributed by atoms with Gasteiger partial charge in [-0.2, -0.15) is 0 Å². The van der Waals surface area contributed by atoms with Crippen LogP contribution in [-0.4, -0.2) is 58.3 Å². The number of esters is 2. The van der Waals surface area contributed by atoms with Crippen LogP contribution in [0.3, 0.4) is 0 Å². The van der Waals surface area contributed by atoms with Gasteiger partial charge in [0.25, 0.3) is 0 Å². The topological polar surface area (TPSA) is 102 Å². The first-order chi connectivity index (χ1) is 19.1. The fourth-order valence-corrected chi connectivity index (χ4v) is 8.35. The molecule has 0 aromatic heterocycles. The molecule has 41 heavy (non-hydrogen) atoms. The van der Waals surface area contributed by atoms with E-state index < -0.39 is 57.7 Å². The number of rotatable bonds is 3. The maximum absolute atomic E-state index is 13.8. The lowest BCUT2D eigenvalue weighted by atomic mass is 9.38. The van der Waals surface area contributed by atoms with Gasteiger partial charge in [0, 0.05) is 24.2 Å². The summed E-state index contributed by atoms with van der Waals surface area (Å²) in [5.41, 5.74) is -2.94. The zero-order valence-electron chi connectivity index (χ0n) is 25.8. The molecule has 1 aromatic carbocycles. The molecule has 0 amide bonds. The lowest BCUT2D eigenvalue weighted by Crippen LogP contribution is -2.84. The molecule has 2 N–H and O–H groups in total. The van der Waals surface area contributed by atoms with Crippen LogP contribution in [0.2, 0.25) is 0 Å². The molecule has 224 valence electrons. The summed E-state index contributed by atoms with van der Waals surface area (Å²) in [5, 5.41) is 24.8. The fraction of sp³-hybridized carbons (Fsp3) is 0.588. The Morgan fingerprint density at radius 2 is 1.68 bits per heavy atom. The molecule has 2 unspecified atom stereocenters. The molecule has 2 bridgehead atoms. The Morgan fingerprint density at radius 1 is 1.07 bits per heavy atom. The van der Waals surface area contributed by atoms with E-state index >= 15 is 0 Å². The van der Waals surface area contributed by atoms with Crippen LogP contribution in [0, 0.1) is 16.2 Å². The Kier molecular flexibility index (Phi) is 7.77. The van der Waals surface area contributed by atoms with Crippen molar-refractivity contribution >= 4 is 11.9 Å². The molecule has 5 rings (SSSR count). The summed E-state index contributed by atoms with van der Waals surface area (Å²) in [4.78, 5) is 26.4. The molecule has 1 aliphatic heterocycles. The molecule has 7 atom stereocenters. The van der Waals surface area contributed by atoms with Gasteiger partial charge in [-0.15, -0.1) is 0 Å². The van der Waals surface area contributed by atoms with Crippen molar-refractivity contribution in [2.75, 3.05) is 6.61 Å². The van der Waals surface area contributed by atoms with E-state index in [-0.39, 0.29) is 13.0 Å². The normalized spacial score (nSPS) is 39.0. The van der Waals surface area contributed by atoms with Gasteiger partial charge >= 0.3 is 11.9 Å². The molecule has 3 aliphatic carbocycles. The van der Waals surface area contributed by atoms with Gasteiger partial charge in [-0.25, -0.2) is 4.79 Å². The van der Waals surface area contributed by atoms with Crippen molar-refractivity contribution in [2.24, 2.45) is 16.2 Å². The number of hydrogen-bond acceptors (Lipinski definition) is 7. The molecule has 7 heteroatoms. The third-order valence-corrected chi connectivity index (χ3v) is 10.9. The second kappa shape index (κ2) is 10.2. The van der Waals surface area contributed by atoms with Crippen LogP contribution in [0.25, 0.3) is 0 Å². The minimum absolute atomic E-state index is 0.0352. The van der Waals surface area contributed by atoms with Crippen LogP contribution < -0.4 is 0 Å². The predicted octanol–water partition coefficient (Wildman–Crippen LogP) is 5.71. The molecule has 2 saturated carbocycles. The molecule has 1 saturated heterocycles. The standard InChI is InChI=1S/C32H40O7.C2H6/c1-18-14-15-31(36)27(38-26(35)22-12-10-9-11-13-22)30(8)29(7,20(3)19(2)25(18)28(31,5)6)23(34)16-24-32(30,17-37-24)39-21(4)33;1-2/h9-13,23-24,27,34,36H,2-3,14-17H2,1,4-8H3;1-2H3/t23-,24+,27-,29?,30-,31?,32-;/m0./s1. The molecule has 1 heterocycles. The lowest BCUT2D eigenvalue weighted by Gasteiger charge is -2.73. The summed E-state index contributed by atoms with van der Waals surface area (Å²) in [5.74, 6) is -1.13. The number of fused-ring (bicyclic) bond motifs is 5. The van der Waals surface area contributed by atoms with Gasteiger partial charge in [0.2, 0.25) is 0 Å². The lowest BCUT2D eigenvalue weighted by molar-refractivity contribution is -0.379. The van der Waals surface area contributed by atoms with E-state index in [1.165, 1.54) is 6.92 Å². The highest BCUT2D eigenvalue weighted by atomic mass is 16.6. The van der Waals surface area contributed by atoms with Crippen LogP contribution in [-0.2, 0) is 19.0 Å². The number of allylic oxidation sites excluding steroid dienone is 2. The Morgan fingerprint density at radius 3 is 2.22 bits per heavy atom. The number of benzene rings is 1. The Bertz CT molecular complexity index is 1300. The molecular weight excluding hydrogens is 520 g/mol. The SMILES string of the molecule is C=C1C(=C)C2(C)[C@@H](O)C[C@H]3OC[C@@]3(OC(C)=O)[C@@]2(C)[C@H](OC(=O)c2ccccc2)C2(O)CCC(C)=C1C2(C)C.CC. The summed E-state index contributed by atoms with van der Waals surface area (Å²) in [6.45, 7) is 23.9. The van der Waals surface area contributed by atoms with Crippen molar-refractivity contribution in [3.8, 4) is 0 Å². The average molecular weight is 567 g/mol. The van der Waals surface area contributed by atoms with E-state index in [2.05, 4.69) is 13.2 Å². The second-order valence-electron chi connectivity index (χ2n) is 12.8. The van der Waals surface area contributed by atoms with E-state index in [1.54, 1.807) is 24.3 Å². The molecule has 0 radical (unpaired) electrons. The van der Waals surface area contributed by atoms with Crippen LogP contribution in [0.5, 0.6) is 0 Å². The monoisotopic (exact) mass is 566 g/mol. The largest absolute Gasteiger partial charge is 0.455 e. The van der Waals surface area contributed by atoms with Gasteiger partial charge in [-0.05, 0) is 48.6 Å². The molecule has 4 aliphatic rings. The van der Waals surface area contributed by atoms with Crippen molar-refractivity contribution in [1.29, 1.82) is 0 Å². The van der Waals surface area contributed by atoms with Gasteiger partial charge in [0.1, 0.15) is 17.8 Å². The minimum atomic E-state index is -1.61. The minimum Gasteiger partial charge on any atom is -0.455 e. The number of carbonyl (C=O) groups excluding carboxylic acids is 2. The maximum Gasteiger partial charge on any atom is 0.338 e. The smallest absolute Gasteiger partial charge is 0.338 e. The molecular formula is C34H46O7. The molecule has 0 spiro atoms. The van der Waals surface area contributed by atoms with Crippen LogP contribution in [0.15, 0.2) is 65.8 Å². The van der Waals surface area contributed by atoms with E-state index in [9.17, 15) is 19.8 Å². The Balaban J connectivity index is 0.00000189. The fourth-order valence-electron chi connectivity index (χ4n) is 8.35. The van der Waals surface area contributed by atoms with Crippen molar-refractivity contribution < 1.29 is 34.0 Å². The van der Waals surface area contributed by atoms with E-state index in [1.807, 2.05) is 54.5 Å². The quantitative estimate of drug-likeness (QED) is 0.452. The summed E-state index contributed by atoms with van der Waals surface area (Å²) < 4.78 is 18.6. The van der Waals surface area contributed by atoms with Gasteiger partial charge in [-0.1, -0.05) is 78.5 Å². The molecule has 7 nitrogen and oxygen atoms in total. The van der Waals surface area contributed by atoms with E-state index in [0.29, 0.717) is 29.6 Å². The molecule has 3 fully saturated rings. The summed E-state index contributed by atoms with van der Waals surface area (Å²) in [6, 6.07) is 8.62. The summed E-state index contributed by atoms with van der Waals surface area (Å²) in [6.07, 6.45) is -1.84. The Hall–Kier alpha value is -2.74. The zero-order valence-corrected chi connectivity index (χ0v) is 25.8.